The molecule has 130 valence electrons. The third kappa shape index (κ3) is 5.41. The highest BCUT2D eigenvalue weighted by Crippen LogP contribution is 2.55. The van der Waals surface area contributed by atoms with E-state index in [-0.39, 0.29) is 6.42 Å². The molecule has 2 aromatic carbocycles. The number of benzene rings is 2. The Hall–Kier alpha value is -1.22. The van der Waals surface area contributed by atoms with Crippen molar-refractivity contribution < 1.29 is 23.8 Å². The smallest absolute Gasteiger partial charge is 0.0273 e. The van der Waals surface area contributed by atoms with Crippen LogP contribution in [-0.2, 0) is 15.6 Å². The lowest BCUT2D eigenvalue weighted by molar-refractivity contribution is -0.315. The van der Waals surface area contributed by atoms with E-state index < -0.39 is 20.4 Å². The minimum Gasteiger partial charge on any atom is -0.810 e. The van der Waals surface area contributed by atoms with Crippen molar-refractivity contribution in [1.82, 2.24) is 0 Å². The molecule has 0 amide bonds. The fourth-order valence-corrected chi connectivity index (χ4v) is 5.84. The molecule has 0 heterocycles. The molecule has 2 rings (SSSR count). The molecule has 0 N–H and O–H groups in total. The average Bonchev–Trinajstić information content (AvgIpc) is 2.50. The highest BCUT2D eigenvalue weighted by molar-refractivity contribution is 7.71. The van der Waals surface area contributed by atoms with Crippen LogP contribution >= 0.6 is 15.0 Å². The van der Waals surface area contributed by atoms with Crippen LogP contribution in [0, 0.1) is 0 Å². The molecule has 0 fully saturated rings. The van der Waals surface area contributed by atoms with E-state index >= 15 is 0 Å². The van der Waals surface area contributed by atoms with Crippen LogP contribution in [0.2, 0.25) is 0 Å². The lowest BCUT2D eigenvalue weighted by Crippen LogP contribution is -2.29. The van der Waals surface area contributed by atoms with Crippen molar-refractivity contribution in [2.24, 2.45) is 0 Å². The standard InChI is InChI=1S/C17H22O5P2/c1-23(18,19)17(24(20,21)22)9-5-6-14-10-12-16(13-11-14)15-7-3-2-4-8-15/h2-4,7-8,10-13,17H,5-6,9H2,1H3,(H,18,19)(H2,20,21,22)/p-3. The first-order valence-corrected chi connectivity index (χ1v) is 11.4. The third-order valence-corrected chi connectivity index (χ3v) is 8.33. The molecular weight excluding hydrogens is 346 g/mol. The summed E-state index contributed by atoms with van der Waals surface area (Å²) in [4.78, 5) is 33.7. The van der Waals surface area contributed by atoms with Gasteiger partial charge in [0, 0.05) is 12.8 Å². The van der Waals surface area contributed by atoms with Crippen molar-refractivity contribution in [2.45, 2.75) is 24.7 Å². The van der Waals surface area contributed by atoms with Crippen molar-refractivity contribution in [3.8, 4) is 11.1 Å². The van der Waals surface area contributed by atoms with Crippen molar-refractivity contribution >= 4 is 15.0 Å². The highest BCUT2D eigenvalue weighted by Gasteiger charge is 2.21. The molecule has 2 unspecified atom stereocenters. The van der Waals surface area contributed by atoms with Crippen LogP contribution in [0.4, 0.5) is 0 Å². The fourth-order valence-electron chi connectivity index (χ4n) is 2.63. The Labute approximate surface area is 142 Å². The van der Waals surface area contributed by atoms with Crippen LogP contribution < -0.4 is 14.7 Å². The van der Waals surface area contributed by atoms with Crippen molar-refractivity contribution in [3.05, 3.63) is 60.2 Å². The highest BCUT2D eigenvalue weighted by atomic mass is 31.2. The molecule has 0 aromatic heterocycles. The Morgan fingerprint density at radius 2 is 1.42 bits per heavy atom. The van der Waals surface area contributed by atoms with Gasteiger partial charge in [-0.25, -0.2) is 0 Å². The largest absolute Gasteiger partial charge is 0.810 e. The first-order chi connectivity index (χ1) is 11.2. The van der Waals surface area contributed by atoms with Gasteiger partial charge in [0.25, 0.3) is 0 Å². The van der Waals surface area contributed by atoms with Gasteiger partial charge in [-0.3, -0.25) is 0 Å². The lowest BCUT2D eigenvalue weighted by Gasteiger charge is -2.44. The van der Waals surface area contributed by atoms with Crippen LogP contribution in [0.5, 0.6) is 0 Å². The zero-order valence-corrected chi connectivity index (χ0v) is 15.1. The summed E-state index contributed by atoms with van der Waals surface area (Å²) >= 11 is 0. The van der Waals surface area contributed by atoms with Gasteiger partial charge in [0.15, 0.2) is 0 Å². The number of rotatable bonds is 7. The van der Waals surface area contributed by atoms with Crippen LogP contribution in [-0.4, -0.2) is 12.1 Å². The molecule has 0 saturated carbocycles. The van der Waals surface area contributed by atoms with Gasteiger partial charge in [-0.1, -0.05) is 62.2 Å². The van der Waals surface area contributed by atoms with E-state index in [4.69, 9.17) is 0 Å². The van der Waals surface area contributed by atoms with Crippen LogP contribution in [0.25, 0.3) is 11.1 Å². The maximum atomic E-state index is 11.5. The van der Waals surface area contributed by atoms with Gasteiger partial charge in [-0.15, -0.1) is 0 Å². The third-order valence-electron chi connectivity index (χ3n) is 3.90. The summed E-state index contributed by atoms with van der Waals surface area (Å²) in [7, 11) is -9.35. The Bertz CT molecular complexity index is 724. The molecule has 0 aliphatic carbocycles. The van der Waals surface area contributed by atoms with Crippen molar-refractivity contribution in [2.75, 3.05) is 6.66 Å². The van der Waals surface area contributed by atoms with Crippen LogP contribution in [0.1, 0.15) is 18.4 Å². The van der Waals surface area contributed by atoms with Gasteiger partial charge in [0.1, 0.15) is 0 Å². The minimum atomic E-state index is -5.14. The van der Waals surface area contributed by atoms with E-state index in [1.54, 1.807) is 0 Å². The first-order valence-electron chi connectivity index (χ1n) is 7.62. The van der Waals surface area contributed by atoms with Crippen molar-refractivity contribution in [3.63, 3.8) is 0 Å². The average molecular weight is 365 g/mol. The molecule has 5 nitrogen and oxygen atoms in total. The molecular formula is C17H19O5P2-3. The van der Waals surface area contributed by atoms with E-state index in [0.717, 1.165) is 23.4 Å². The summed E-state index contributed by atoms with van der Waals surface area (Å²) in [5.74, 6) is 0. The second-order valence-electron chi connectivity index (χ2n) is 5.88. The molecule has 2 atom stereocenters. The molecule has 7 heteroatoms. The molecule has 24 heavy (non-hydrogen) atoms. The molecule has 0 bridgehead atoms. The molecule has 0 aliphatic rings. The Morgan fingerprint density at radius 1 is 0.875 bits per heavy atom. The predicted molar refractivity (Wildman–Crippen MR) is 89.7 cm³/mol. The van der Waals surface area contributed by atoms with Crippen LogP contribution in [0.15, 0.2) is 54.6 Å². The molecule has 0 spiro atoms. The van der Waals surface area contributed by atoms with E-state index in [1.165, 1.54) is 0 Å². The van der Waals surface area contributed by atoms with E-state index in [0.29, 0.717) is 12.8 Å². The van der Waals surface area contributed by atoms with Gasteiger partial charge >= 0.3 is 0 Å². The summed E-state index contributed by atoms with van der Waals surface area (Å²) < 4.78 is 22.6. The minimum absolute atomic E-state index is 0.165. The zero-order chi connectivity index (χ0) is 17.8. The Morgan fingerprint density at radius 3 is 1.92 bits per heavy atom. The van der Waals surface area contributed by atoms with Gasteiger partial charge < -0.3 is 23.8 Å². The Kier molecular flexibility index (Phi) is 6.19. The van der Waals surface area contributed by atoms with Gasteiger partial charge in [0.05, 0.1) is 0 Å². The van der Waals surface area contributed by atoms with Gasteiger partial charge in [0.2, 0.25) is 0 Å². The summed E-state index contributed by atoms with van der Waals surface area (Å²) in [5, 5.41) is -1.81. The summed E-state index contributed by atoms with van der Waals surface area (Å²) in [6.07, 6.45) is 0.678. The molecule has 0 radical (unpaired) electrons. The maximum absolute atomic E-state index is 11.5. The monoisotopic (exact) mass is 365 g/mol. The molecule has 0 aliphatic heterocycles. The summed E-state index contributed by atoms with van der Waals surface area (Å²) in [5.41, 5.74) is 3.14. The maximum Gasteiger partial charge on any atom is 0.0273 e. The van der Waals surface area contributed by atoms with Crippen LogP contribution in [0.3, 0.4) is 0 Å². The normalized spacial score (nSPS) is 15.7. The molecule has 2 aromatic rings. The number of hydrogen-bond donors (Lipinski definition) is 0. The van der Waals surface area contributed by atoms with Gasteiger partial charge in [-0.2, -0.15) is 0 Å². The second-order valence-corrected chi connectivity index (χ2v) is 10.4. The first kappa shape index (κ1) is 19.1. The SMILES string of the molecule is CP(=O)([O-])C(CCCc1ccc(-c2ccccc2)cc1)P(=O)([O-])[O-]. The van der Waals surface area contributed by atoms with Crippen molar-refractivity contribution in [1.29, 1.82) is 0 Å². The number of aryl methyl sites for hydroxylation is 1. The van der Waals surface area contributed by atoms with E-state index in [2.05, 4.69) is 0 Å². The second kappa shape index (κ2) is 7.77. The Balaban J connectivity index is 1.98. The molecule has 0 saturated heterocycles. The van der Waals surface area contributed by atoms with E-state index in [9.17, 15) is 23.8 Å². The summed E-state index contributed by atoms with van der Waals surface area (Å²) in [6, 6.07) is 17.7. The van der Waals surface area contributed by atoms with E-state index in [1.807, 2.05) is 54.6 Å². The predicted octanol–water partition coefficient (Wildman–Crippen LogP) is 2.18. The quantitative estimate of drug-likeness (QED) is 0.700. The number of hydrogen-bond acceptors (Lipinski definition) is 5. The lowest BCUT2D eigenvalue weighted by atomic mass is 10.0. The topological polar surface area (TPSA) is 103 Å². The zero-order valence-electron chi connectivity index (χ0n) is 13.3. The fraction of sp³-hybridized carbons (Fsp3) is 0.294. The summed E-state index contributed by atoms with van der Waals surface area (Å²) in [6.45, 7) is 0.814. The van der Waals surface area contributed by atoms with Gasteiger partial charge in [-0.05, 0) is 42.6 Å².